The maximum absolute atomic E-state index is 11.0. The maximum atomic E-state index is 11.0. The summed E-state index contributed by atoms with van der Waals surface area (Å²) in [5.41, 5.74) is 1.20. The fraction of sp³-hybridized carbons (Fsp3) is 0.562. The third kappa shape index (κ3) is 3.51. The molecule has 20 heavy (non-hydrogen) atoms. The summed E-state index contributed by atoms with van der Waals surface area (Å²) >= 11 is 0. The maximum Gasteiger partial charge on any atom is 0.307 e. The van der Waals surface area contributed by atoms with Gasteiger partial charge in [-0.05, 0) is 51.4 Å². The average molecular weight is 277 g/mol. The summed E-state index contributed by atoms with van der Waals surface area (Å²) in [7, 11) is 0. The highest BCUT2D eigenvalue weighted by molar-refractivity contribution is 5.70. The molecular formula is C16H23NO3. The molecule has 1 N–H and O–H groups in total. The molecule has 0 amide bonds. The van der Waals surface area contributed by atoms with Crippen LogP contribution in [-0.2, 0) is 4.79 Å². The lowest BCUT2D eigenvalue weighted by atomic mass is 10.1. The van der Waals surface area contributed by atoms with E-state index >= 15 is 0 Å². The van der Waals surface area contributed by atoms with Gasteiger partial charge in [0.25, 0.3) is 0 Å². The molecule has 0 bridgehead atoms. The molecule has 2 atom stereocenters. The van der Waals surface area contributed by atoms with Gasteiger partial charge in [-0.25, -0.2) is 0 Å². The second-order valence-electron chi connectivity index (χ2n) is 5.73. The highest BCUT2D eigenvalue weighted by atomic mass is 16.5. The first-order valence-electron chi connectivity index (χ1n) is 7.21. The van der Waals surface area contributed by atoms with Crippen LogP contribution < -0.4 is 4.74 Å². The van der Waals surface area contributed by atoms with E-state index in [1.165, 1.54) is 5.56 Å². The summed E-state index contributed by atoms with van der Waals surface area (Å²) in [5.74, 6) is -0.0258. The van der Waals surface area contributed by atoms with Crippen molar-refractivity contribution in [1.29, 1.82) is 0 Å². The van der Waals surface area contributed by atoms with Crippen molar-refractivity contribution in [2.45, 2.75) is 39.3 Å². The summed E-state index contributed by atoms with van der Waals surface area (Å²) in [5, 5.41) is 9.06. The first-order chi connectivity index (χ1) is 9.47. The minimum absolute atomic E-state index is 0.174. The lowest BCUT2D eigenvalue weighted by molar-refractivity contribution is -0.141. The first kappa shape index (κ1) is 14.9. The summed E-state index contributed by atoms with van der Waals surface area (Å²) in [6, 6.07) is 8.34. The Morgan fingerprint density at radius 1 is 1.30 bits per heavy atom. The monoisotopic (exact) mass is 277 g/mol. The van der Waals surface area contributed by atoms with Crippen LogP contribution in [0.2, 0.25) is 0 Å². The van der Waals surface area contributed by atoms with Crippen LogP contribution in [-0.4, -0.2) is 35.2 Å². The molecule has 1 aliphatic heterocycles. The van der Waals surface area contributed by atoms with Crippen LogP contribution in [0, 0.1) is 5.92 Å². The van der Waals surface area contributed by atoms with Gasteiger partial charge in [-0.2, -0.15) is 0 Å². The van der Waals surface area contributed by atoms with E-state index in [0.717, 1.165) is 18.7 Å². The minimum atomic E-state index is -0.680. The summed E-state index contributed by atoms with van der Waals surface area (Å²) in [6.45, 7) is 7.63. The molecular weight excluding hydrogens is 254 g/mol. The van der Waals surface area contributed by atoms with E-state index < -0.39 is 5.97 Å². The van der Waals surface area contributed by atoms with E-state index in [9.17, 15) is 4.79 Å². The number of carbonyl (C=O) groups is 1. The molecule has 4 nitrogen and oxygen atoms in total. The van der Waals surface area contributed by atoms with Crippen molar-refractivity contribution in [2.24, 2.45) is 5.92 Å². The van der Waals surface area contributed by atoms with E-state index in [0.29, 0.717) is 6.54 Å². The van der Waals surface area contributed by atoms with Gasteiger partial charge in [-0.3, -0.25) is 9.69 Å². The van der Waals surface area contributed by atoms with E-state index in [1.54, 1.807) is 0 Å². The normalized spacial score (nSPS) is 21.1. The first-order valence-corrected chi connectivity index (χ1v) is 7.21. The van der Waals surface area contributed by atoms with Gasteiger partial charge in [0.1, 0.15) is 5.75 Å². The van der Waals surface area contributed by atoms with Crippen molar-refractivity contribution in [1.82, 2.24) is 4.90 Å². The van der Waals surface area contributed by atoms with Gasteiger partial charge in [0.05, 0.1) is 12.0 Å². The van der Waals surface area contributed by atoms with Crippen LogP contribution in [0.5, 0.6) is 5.75 Å². The third-order valence-corrected chi connectivity index (χ3v) is 3.85. The summed E-state index contributed by atoms with van der Waals surface area (Å²) < 4.78 is 5.63. The van der Waals surface area contributed by atoms with Crippen LogP contribution in [0.1, 0.15) is 38.8 Å². The zero-order chi connectivity index (χ0) is 14.7. The van der Waals surface area contributed by atoms with Gasteiger partial charge in [0.15, 0.2) is 0 Å². The number of rotatable bonds is 5. The molecule has 110 valence electrons. The molecule has 1 heterocycles. The van der Waals surface area contributed by atoms with Gasteiger partial charge in [-0.1, -0.05) is 12.1 Å². The Hall–Kier alpha value is -1.55. The third-order valence-electron chi connectivity index (χ3n) is 3.85. The van der Waals surface area contributed by atoms with Crippen LogP contribution in [0.3, 0.4) is 0 Å². The predicted octanol–water partition coefficient (Wildman–Crippen LogP) is 2.94. The van der Waals surface area contributed by atoms with Crippen molar-refractivity contribution in [2.75, 3.05) is 13.1 Å². The Balaban J connectivity index is 1.99. The number of hydrogen-bond acceptors (Lipinski definition) is 3. The lowest BCUT2D eigenvalue weighted by Crippen LogP contribution is -2.26. The van der Waals surface area contributed by atoms with E-state index in [2.05, 4.69) is 24.0 Å². The van der Waals surface area contributed by atoms with E-state index in [4.69, 9.17) is 9.84 Å². The van der Waals surface area contributed by atoms with Crippen LogP contribution in [0.15, 0.2) is 24.3 Å². The topological polar surface area (TPSA) is 49.8 Å². The molecule has 1 fully saturated rings. The fourth-order valence-corrected chi connectivity index (χ4v) is 2.65. The van der Waals surface area contributed by atoms with E-state index in [1.807, 2.05) is 26.0 Å². The van der Waals surface area contributed by atoms with Gasteiger partial charge in [0.2, 0.25) is 0 Å². The van der Waals surface area contributed by atoms with Crippen molar-refractivity contribution in [3.8, 4) is 5.75 Å². The number of likely N-dealkylation sites (tertiary alicyclic amines) is 1. The van der Waals surface area contributed by atoms with Gasteiger partial charge < -0.3 is 9.84 Å². The quantitative estimate of drug-likeness (QED) is 0.899. The molecule has 0 saturated carbocycles. The molecule has 0 radical (unpaired) electrons. The Morgan fingerprint density at radius 3 is 2.45 bits per heavy atom. The smallest absolute Gasteiger partial charge is 0.307 e. The standard InChI is InChI=1S/C16H23NO3/c1-11(2)20-15-6-4-13(5-7-15)12(3)17-9-8-14(10-17)16(18)19/h4-7,11-12,14H,8-10H2,1-3H3,(H,18,19). The molecule has 0 spiro atoms. The number of benzene rings is 1. The Labute approximate surface area is 120 Å². The van der Waals surface area contributed by atoms with Crippen LogP contribution >= 0.6 is 0 Å². The van der Waals surface area contributed by atoms with Crippen molar-refractivity contribution in [3.63, 3.8) is 0 Å². The Kier molecular flexibility index (Phi) is 4.65. The zero-order valence-corrected chi connectivity index (χ0v) is 12.4. The van der Waals surface area contributed by atoms with Crippen molar-refractivity contribution < 1.29 is 14.6 Å². The van der Waals surface area contributed by atoms with Crippen LogP contribution in [0.4, 0.5) is 0 Å². The zero-order valence-electron chi connectivity index (χ0n) is 12.4. The average Bonchev–Trinajstić information content (AvgIpc) is 2.88. The Bertz CT molecular complexity index is 455. The van der Waals surface area contributed by atoms with Crippen LogP contribution in [0.25, 0.3) is 0 Å². The van der Waals surface area contributed by atoms with Gasteiger partial charge in [-0.15, -0.1) is 0 Å². The van der Waals surface area contributed by atoms with Crippen molar-refractivity contribution in [3.05, 3.63) is 29.8 Å². The lowest BCUT2D eigenvalue weighted by Gasteiger charge is -2.24. The number of aliphatic carboxylic acids is 1. The largest absolute Gasteiger partial charge is 0.491 e. The fourth-order valence-electron chi connectivity index (χ4n) is 2.65. The number of hydrogen-bond donors (Lipinski definition) is 1. The summed E-state index contributed by atoms with van der Waals surface area (Å²) in [6.07, 6.45) is 0.919. The second kappa shape index (κ2) is 6.27. The number of carboxylic acids is 1. The number of ether oxygens (including phenoxy) is 1. The highest BCUT2D eigenvalue weighted by Crippen LogP contribution is 2.28. The molecule has 4 heteroatoms. The SMILES string of the molecule is CC(C)Oc1ccc(C(C)N2CCC(C(=O)O)C2)cc1. The molecule has 2 unspecified atom stereocenters. The predicted molar refractivity (Wildman–Crippen MR) is 77.9 cm³/mol. The van der Waals surface area contributed by atoms with Gasteiger partial charge in [0, 0.05) is 12.6 Å². The Morgan fingerprint density at radius 2 is 1.95 bits per heavy atom. The van der Waals surface area contributed by atoms with Crippen molar-refractivity contribution >= 4 is 5.97 Å². The molecule has 1 aromatic rings. The van der Waals surface area contributed by atoms with E-state index in [-0.39, 0.29) is 18.1 Å². The molecule has 2 rings (SSSR count). The summed E-state index contributed by atoms with van der Waals surface area (Å²) in [4.78, 5) is 13.2. The second-order valence-corrected chi connectivity index (χ2v) is 5.73. The molecule has 1 saturated heterocycles. The highest BCUT2D eigenvalue weighted by Gasteiger charge is 2.30. The van der Waals surface area contributed by atoms with Gasteiger partial charge >= 0.3 is 5.97 Å². The molecule has 0 aliphatic carbocycles. The molecule has 1 aliphatic rings. The molecule has 0 aromatic heterocycles. The number of nitrogens with zero attached hydrogens (tertiary/aromatic N) is 1. The minimum Gasteiger partial charge on any atom is -0.491 e. The molecule has 1 aromatic carbocycles. The number of carboxylic acid groups (broad SMARTS) is 1.